The van der Waals surface area contributed by atoms with Crippen molar-refractivity contribution in [2.45, 2.75) is 76.5 Å². The van der Waals surface area contributed by atoms with Crippen LogP contribution in [0.25, 0.3) is 0 Å². The van der Waals surface area contributed by atoms with E-state index in [1.165, 1.54) is 9.80 Å². The van der Waals surface area contributed by atoms with Crippen molar-refractivity contribution in [2.24, 2.45) is 11.7 Å². The molecular weight excluding hydrogens is 490 g/mol. The molecule has 38 heavy (non-hydrogen) atoms. The third kappa shape index (κ3) is 6.89. The first-order valence-corrected chi connectivity index (χ1v) is 13.3. The molecule has 0 radical (unpaired) electrons. The molecule has 0 spiro atoms. The molecule has 1 aromatic carbocycles. The van der Waals surface area contributed by atoms with Crippen LogP contribution in [-0.4, -0.2) is 88.3 Å². The zero-order valence-electron chi connectivity index (χ0n) is 22.1. The number of nitrogens with zero attached hydrogens (tertiary/aromatic N) is 2. The molecule has 0 bridgehead atoms. The minimum Gasteiger partial charge on any atom is -0.480 e. The molecule has 2 saturated heterocycles. The first-order valence-electron chi connectivity index (χ1n) is 13.3. The van der Waals surface area contributed by atoms with Crippen LogP contribution in [0, 0.1) is 5.92 Å². The maximum absolute atomic E-state index is 13.8. The van der Waals surface area contributed by atoms with Crippen LogP contribution >= 0.6 is 0 Å². The second-order valence-corrected chi connectivity index (χ2v) is 10.1. The van der Waals surface area contributed by atoms with Crippen LogP contribution in [0.2, 0.25) is 0 Å². The van der Waals surface area contributed by atoms with Crippen molar-refractivity contribution in [3.8, 4) is 0 Å². The molecular formula is C27H39N5O6. The Kier molecular flexibility index (Phi) is 10.2. The van der Waals surface area contributed by atoms with Crippen LogP contribution in [-0.2, 0) is 30.4 Å². The smallest absolute Gasteiger partial charge is 0.326 e. The van der Waals surface area contributed by atoms with E-state index in [1.54, 1.807) is 6.92 Å². The minimum absolute atomic E-state index is 0.200. The molecule has 0 saturated carbocycles. The summed E-state index contributed by atoms with van der Waals surface area (Å²) in [6, 6.07) is 5.68. The first-order chi connectivity index (χ1) is 18.2. The summed E-state index contributed by atoms with van der Waals surface area (Å²) in [5, 5.41) is 15.1. The Morgan fingerprint density at radius 3 is 2.13 bits per heavy atom. The van der Waals surface area contributed by atoms with Gasteiger partial charge in [0.05, 0.1) is 6.54 Å². The molecule has 0 aromatic heterocycles. The third-order valence-electron chi connectivity index (χ3n) is 7.56. The molecule has 1 aromatic rings. The van der Waals surface area contributed by atoms with Gasteiger partial charge in [-0.05, 0) is 37.2 Å². The molecule has 2 heterocycles. The lowest BCUT2D eigenvalue weighted by atomic mass is 9.98. The van der Waals surface area contributed by atoms with Crippen molar-refractivity contribution >= 4 is 29.6 Å². The molecule has 11 nitrogen and oxygen atoms in total. The highest BCUT2D eigenvalue weighted by molar-refractivity contribution is 5.95. The molecule has 208 valence electrons. The number of hydrogen-bond acceptors (Lipinski definition) is 6. The van der Waals surface area contributed by atoms with Crippen molar-refractivity contribution < 1.29 is 29.1 Å². The standard InChI is InChI=1S/C27H39N5O6/c1-3-17(2)23(27(37)38)30-25(35)21-12-8-14-32(21)26(36)19(15-18-9-5-4-6-10-18)29-24(34)20-11-7-13-31(20)22(33)16-28/h4-6,9-10,17,19-21,23H,3,7-8,11-16,28H2,1-2H3,(H,29,34)(H,30,35)(H,37,38)/t17-,19-,20-,21-,23-/m0/s1. The second kappa shape index (κ2) is 13.4. The second-order valence-electron chi connectivity index (χ2n) is 10.1. The molecule has 2 aliphatic heterocycles. The molecule has 0 unspecified atom stereocenters. The van der Waals surface area contributed by atoms with Crippen molar-refractivity contribution in [2.75, 3.05) is 19.6 Å². The number of hydrogen-bond donors (Lipinski definition) is 4. The van der Waals surface area contributed by atoms with Gasteiger partial charge in [0.1, 0.15) is 24.2 Å². The van der Waals surface area contributed by atoms with E-state index in [2.05, 4.69) is 10.6 Å². The van der Waals surface area contributed by atoms with Gasteiger partial charge in [0.25, 0.3) is 0 Å². The number of rotatable bonds is 11. The van der Waals surface area contributed by atoms with E-state index in [4.69, 9.17) is 5.73 Å². The van der Waals surface area contributed by atoms with Gasteiger partial charge in [-0.15, -0.1) is 0 Å². The predicted molar refractivity (Wildman–Crippen MR) is 140 cm³/mol. The Morgan fingerprint density at radius 2 is 1.55 bits per heavy atom. The van der Waals surface area contributed by atoms with E-state index in [0.29, 0.717) is 45.2 Å². The van der Waals surface area contributed by atoms with Gasteiger partial charge >= 0.3 is 5.97 Å². The van der Waals surface area contributed by atoms with Gasteiger partial charge in [-0.1, -0.05) is 50.6 Å². The highest BCUT2D eigenvalue weighted by Crippen LogP contribution is 2.22. The Labute approximate surface area is 223 Å². The van der Waals surface area contributed by atoms with Gasteiger partial charge in [-0.2, -0.15) is 0 Å². The topological polar surface area (TPSA) is 162 Å². The summed E-state index contributed by atoms with van der Waals surface area (Å²) in [4.78, 5) is 67.1. The largest absolute Gasteiger partial charge is 0.480 e. The number of nitrogens with one attached hydrogen (secondary N) is 2. The first kappa shape index (κ1) is 29.1. The zero-order chi connectivity index (χ0) is 27.8. The molecule has 2 fully saturated rings. The van der Waals surface area contributed by atoms with Crippen molar-refractivity contribution in [3.05, 3.63) is 35.9 Å². The number of likely N-dealkylation sites (tertiary alicyclic amines) is 2. The van der Waals surface area contributed by atoms with Crippen LogP contribution in [0.15, 0.2) is 30.3 Å². The SMILES string of the molecule is CC[C@H](C)[C@H](NC(=O)[C@@H]1CCCN1C(=O)[C@H](Cc1ccccc1)NC(=O)[C@@H]1CCCN1C(=O)CN)C(=O)O. The summed E-state index contributed by atoms with van der Waals surface area (Å²) in [6.45, 7) is 4.15. The highest BCUT2D eigenvalue weighted by Gasteiger charge is 2.41. The number of carbonyl (C=O) groups excluding carboxylic acids is 4. The normalized spacial score (nSPS) is 21.4. The van der Waals surface area contributed by atoms with E-state index in [1.807, 2.05) is 37.3 Å². The average Bonchev–Trinajstić information content (AvgIpc) is 3.61. The summed E-state index contributed by atoms with van der Waals surface area (Å²) < 4.78 is 0. The van der Waals surface area contributed by atoms with Gasteiger partial charge in [-0.25, -0.2) is 4.79 Å². The van der Waals surface area contributed by atoms with Gasteiger partial charge in [0.15, 0.2) is 0 Å². The van der Waals surface area contributed by atoms with Gasteiger partial charge in [0, 0.05) is 19.5 Å². The number of amides is 4. The predicted octanol–water partition coefficient (Wildman–Crippen LogP) is 0.270. The fourth-order valence-electron chi connectivity index (χ4n) is 5.21. The number of aliphatic carboxylic acids is 1. The molecule has 5 atom stereocenters. The number of carboxylic acid groups (broad SMARTS) is 1. The molecule has 2 aliphatic rings. The van der Waals surface area contributed by atoms with Crippen molar-refractivity contribution in [1.29, 1.82) is 0 Å². The Morgan fingerprint density at radius 1 is 0.974 bits per heavy atom. The Bertz CT molecular complexity index is 1020. The van der Waals surface area contributed by atoms with Crippen LogP contribution in [0.3, 0.4) is 0 Å². The summed E-state index contributed by atoms with van der Waals surface area (Å²) in [5.41, 5.74) is 6.34. The lowest BCUT2D eigenvalue weighted by molar-refractivity contribution is -0.146. The summed E-state index contributed by atoms with van der Waals surface area (Å²) >= 11 is 0. The van der Waals surface area contributed by atoms with E-state index in [9.17, 15) is 29.1 Å². The molecule has 3 rings (SSSR count). The van der Waals surface area contributed by atoms with Gasteiger partial charge < -0.3 is 31.3 Å². The maximum atomic E-state index is 13.8. The molecule has 11 heteroatoms. The third-order valence-corrected chi connectivity index (χ3v) is 7.56. The monoisotopic (exact) mass is 529 g/mol. The molecule has 0 aliphatic carbocycles. The van der Waals surface area contributed by atoms with E-state index in [-0.39, 0.29) is 24.8 Å². The lowest BCUT2D eigenvalue weighted by Crippen LogP contribution is -2.58. The number of carboxylic acids is 1. The van der Waals surface area contributed by atoms with Gasteiger partial charge in [-0.3, -0.25) is 19.2 Å². The highest BCUT2D eigenvalue weighted by atomic mass is 16.4. The van der Waals surface area contributed by atoms with Crippen LogP contribution in [0.4, 0.5) is 0 Å². The Balaban J connectivity index is 1.80. The summed E-state index contributed by atoms with van der Waals surface area (Å²) in [7, 11) is 0. The number of carbonyl (C=O) groups is 5. The number of benzene rings is 1. The summed E-state index contributed by atoms with van der Waals surface area (Å²) in [5.74, 6) is -3.07. The lowest BCUT2D eigenvalue weighted by Gasteiger charge is -2.31. The minimum atomic E-state index is -1.12. The number of nitrogens with two attached hydrogens (primary N) is 1. The van der Waals surface area contributed by atoms with Crippen molar-refractivity contribution in [3.63, 3.8) is 0 Å². The summed E-state index contributed by atoms with van der Waals surface area (Å²) in [6.07, 6.45) is 2.90. The quantitative estimate of drug-likeness (QED) is 0.320. The van der Waals surface area contributed by atoms with E-state index < -0.39 is 47.9 Å². The Hall–Kier alpha value is -3.47. The van der Waals surface area contributed by atoms with Crippen molar-refractivity contribution in [1.82, 2.24) is 20.4 Å². The maximum Gasteiger partial charge on any atom is 0.326 e. The van der Waals surface area contributed by atoms with E-state index in [0.717, 1.165) is 5.56 Å². The molecule has 4 amide bonds. The fourth-order valence-corrected chi connectivity index (χ4v) is 5.21. The van der Waals surface area contributed by atoms with E-state index >= 15 is 0 Å². The zero-order valence-corrected chi connectivity index (χ0v) is 22.1. The fraction of sp³-hybridized carbons (Fsp3) is 0.593. The average molecular weight is 530 g/mol. The van der Waals surface area contributed by atoms with Crippen LogP contribution in [0.5, 0.6) is 0 Å². The molecule has 5 N–H and O–H groups in total. The van der Waals surface area contributed by atoms with Gasteiger partial charge in [0.2, 0.25) is 23.6 Å². The van der Waals surface area contributed by atoms with Crippen LogP contribution in [0.1, 0.15) is 51.5 Å². The van der Waals surface area contributed by atoms with Crippen LogP contribution < -0.4 is 16.4 Å².